The Labute approximate surface area is 81.3 Å². The van der Waals surface area contributed by atoms with E-state index in [0.717, 1.165) is 5.56 Å². The van der Waals surface area contributed by atoms with Crippen molar-refractivity contribution < 1.29 is 9.18 Å². The Morgan fingerprint density at radius 1 is 1.50 bits per heavy atom. The Balaban J connectivity index is 3.02. The van der Waals surface area contributed by atoms with E-state index in [1.54, 1.807) is 12.1 Å². The molecule has 0 bridgehead atoms. The monoisotopic (exact) mass is 189 g/mol. The zero-order chi connectivity index (χ0) is 10.4. The van der Waals surface area contributed by atoms with Gasteiger partial charge in [0.1, 0.15) is 12.1 Å². The first kappa shape index (κ1) is 10.1. The van der Waals surface area contributed by atoms with Crippen molar-refractivity contribution in [3.05, 3.63) is 41.2 Å². The summed E-state index contributed by atoms with van der Waals surface area (Å²) in [6.07, 6.45) is 3.41. The molecular weight excluding hydrogens is 181 g/mol. The molecule has 70 valence electrons. The highest BCUT2D eigenvalue weighted by Gasteiger charge is 1.99. The van der Waals surface area contributed by atoms with Gasteiger partial charge in [0.25, 0.3) is 0 Å². The molecule has 0 aliphatic carbocycles. The van der Waals surface area contributed by atoms with Crippen LogP contribution in [0.5, 0.6) is 0 Å². The zero-order valence-electron chi connectivity index (χ0n) is 7.40. The summed E-state index contributed by atoms with van der Waals surface area (Å²) < 4.78 is 13.1. The molecule has 0 unspecified atom stereocenters. The molecule has 0 N–H and O–H groups in total. The van der Waals surface area contributed by atoms with Gasteiger partial charge in [-0.25, -0.2) is 4.39 Å². The topological polar surface area (TPSA) is 40.9 Å². The molecule has 0 fully saturated rings. The van der Waals surface area contributed by atoms with E-state index in [1.807, 2.05) is 6.07 Å². The molecule has 0 aliphatic rings. The largest absolute Gasteiger partial charge is 0.299 e. The lowest BCUT2D eigenvalue weighted by molar-refractivity contribution is -0.104. The number of hydrogen-bond donors (Lipinski definition) is 0. The van der Waals surface area contributed by atoms with E-state index in [1.165, 1.54) is 18.2 Å². The van der Waals surface area contributed by atoms with Crippen molar-refractivity contribution in [2.24, 2.45) is 0 Å². The number of aldehydes is 1. The summed E-state index contributed by atoms with van der Waals surface area (Å²) in [5.74, 6) is -0.398. The van der Waals surface area contributed by atoms with Crippen LogP contribution in [0.2, 0.25) is 0 Å². The summed E-state index contributed by atoms with van der Waals surface area (Å²) in [7, 11) is 0. The van der Waals surface area contributed by atoms with Crippen LogP contribution in [-0.4, -0.2) is 6.29 Å². The summed E-state index contributed by atoms with van der Waals surface area (Å²) in [4.78, 5) is 10.0. The van der Waals surface area contributed by atoms with E-state index < -0.39 is 5.82 Å². The molecule has 2 nitrogen and oxygen atoms in total. The molecule has 0 radical (unpaired) electrons. The van der Waals surface area contributed by atoms with Crippen molar-refractivity contribution in [1.82, 2.24) is 0 Å². The normalized spacial score (nSPS) is 10.0. The number of carbonyl (C=O) groups is 1. The van der Waals surface area contributed by atoms with Crippen LogP contribution in [0.4, 0.5) is 4.39 Å². The number of nitrogens with zero attached hydrogens (tertiary/aromatic N) is 1. The molecule has 3 heteroatoms. The first-order chi connectivity index (χ1) is 6.77. The highest BCUT2D eigenvalue weighted by atomic mass is 19.1. The molecule has 0 heterocycles. The van der Waals surface area contributed by atoms with Crippen LogP contribution in [-0.2, 0) is 11.2 Å². The van der Waals surface area contributed by atoms with Gasteiger partial charge in [-0.1, -0.05) is 6.07 Å². The van der Waals surface area contributed by atoms with Gasteiger partial charge in [-0.2, -0.15) is 5.26 Å². The standard InChI is InChI=1S/C11H8FNO/c12-11-4-3-9(5-6-13)8-10(11)2-1-7-14/h1-4,7-8H,5H2. The number of rotatable bonds is 3. The second-order valence-corrected chi connectivity index (χ2v) is 2.69. The Kier molecular flexibility index (Phi) is 3.57. The fourth-order valence-corrected chi connectivity index (χ4v) is 1.07. The van der Waals surface area contributed by atoms with E-state index in [2.05, 4.69) is 0 Å². The Morgan fingerprint density at radius 2 is 2.29 bits per heavy atom. The Morgan fingerprint density at radius 3 is 2.93 bits per heavy atom. The van der Waals surface area contributed by atoms with Gasteiger partial charge in [0, 0.05) is 5.56 Å². The molecular formula is C11H8FNO. The number of allylic oxidation sites excluding steroid dienone is 1. The lowest BCUT2D eigenvalue weighted by atomic mass is 10.1. The van der Waals surface area contributed by atoms with Crippen molar-refractivity contribution in [1.29, 1.82) is 5.26 Å². The van der Waals surface area contributed by atoms with E-state index in [9.17, 15) is 9.18 Å². The average Bonchev–Trinajstić information content (AvgIpc) is 2.19. The summed E-state index contributed by atoms with van der Waals surface area (Å²) in [5, 5.41) is 8.44. The minimum Gasteiger partial charge on any atom is -0.299 e. The first-order valence-electron chi connectivity index (χ1n) is 4.05. The van der Waals surface area contributed by atoms with Gasteiger partial charge in [-0.15, -0.1) is 0 Å². The van der Waals surface area contributed by atoms with Crippen LogP contribution >= 0.6 is 0 Å². The number of nitriles is 1. The van der Waals surface area contributed by atoms with Gasteiger partial charge in [0.15, 0.2) is 0 Å². The molecule has 0 aromatic heterocycles. The van der Waals surface area contributed by atoms with Crippen LogP contribution < -0.4 is 0 Å². The summed E-state index contributed by atoms with van der Waals surface area (Å²) in [6.45, 7) is 0. The predicted molar refractivity (Wildman–Crippen MR) is 50.8 cm³/mol. The van der Waals surface area contributed by atoms with E-state index in [-0.39, 0.29) is 6.42 Å². The van der Waals surface area contributed by atoms with E-state index in [0.29, 0.717) is 11.8 Å². The van der Waals surface area contributed by atoms with Crippen LogP contribution in [0, 0.1) is 17.1 Å². The van der Waals surface area contributed by atoms with E-state index in [4.69, 9.17) is 5.26 Å². The van der Waals surface area contributed by atoms with Crippen LogP contribution in [0.1, 0.15) is 11.1 Å². The number of halogens is 1. The maximum Gasteiger partial charge on any atom is 0.142 e. The second kappa shape index (κ2) is 4.93. The smallest absolute Gasteiger partial charge is 0.142 e. The highest BCUT2D eigenvalue weighted by molar-refractivity contribution is 5.74. The van der Waals surface area contributed by atoms with Gasteiger partial charge in [0.2, 0.25) is 0 Å². The van der Waals surface area contributed by atoms with E-state index >= 15 is 0 Å². The van der Waals surface area contributed by atoms with Gasteiger partial charge in [0.05, 0.1) is 12.5 Å². The fraction of sp³-hybridized carbons (Fsp3) is 0.0909. The van der Waals surface area contributed by atoms with Crippen molar-refractivity contribution in [3.63, 3.8) is 0 Å². The molecule has 0 saturated carbocycles. The third kappa shape index (κ3) is 2.53. The van der Waals surface area contributed by atoms with Crippen molar-refractivity contribution in [2.45, 2.75) is 6.42 Å². The number of hydrogen-bond acceptors (Lipinski definition) is 2. The van der Waals surface area contributed by atoms with Crippen molar-refractivity contribution in [3.8, 4) is 6.07 Å². The maximum atomic E-state index is 13.1. The molecule has 1 rings (SSSR count). The SMILES string of the molecule is N#CCc1ccc(F)c(C=CC=O)c1. The van der Waals surface area contributed by atoms with Crippen LogP contribution in [0.25, 0.3) is 6.08 Å². The zero-order valence-corrected chi connectivity index (χ0v) is 7.40. The van der Waals surface area contributed by atoms with Crippen LogP contribution in [0.15, 0.2) is 24.3 Å². The summed E-state index contributed by atoms with van der Waals surface area (Å²) in [6, 6.07) is 6.37. The third-order valence-electron chi connectivity index (χ3n) is 1.70. The van der Waals surface area contributed by atoms with Gasteiger partial charge < -0.3 is 0 Å². The number of carbonyl (C=O) groups excluding carboxylic acids is 1. The second-order valence-electron chi connectivity index (χ2n) is 2.69. The average molecular weight is 189 g/mol. The van der Waals surface area contributed by atoms with Crippen molar-refractivity contribution in [2.75, 3.05) is 0 Å². The lowest BCUT2D eigenvalue weighted by Crippen LogP contribution is -1.87. The Hall–Kier alpha value is -1.95. The van der Waals surface area contributed by atoms with Gasteiger partial charge in [-0.3, -0.25) is 4.79 Å². The minimum absolute atomic E-state index is 0.238. The van der Waals surface area contributed by atoms with Crippen molar-refractivity contribution >= 4 is 12.4 Å². The highest BCUT2D eigenvalue weighted by Crippen LogP contribution is 2.12. The molecule has 0 spiro atoms. The minimum atomic E-state index is -0.398. The van der Waals surface area contributed by atoms with Gasteiger partial charge >= 0.3 is 0 Å². The van der Waals surface area contributed by atoms with Gasteiger partial charge in [-0.05, 0) is 29.8 Å². The predicted octanol–water partition coefficient (Wildman–Crippen LogP) is 2.10. The Bertz CT molecular complexity index is 404. The molecule has 0 saturated heterocycles. The molecule has 0 aliphatic heterocycles. The summed E-state index contributed by atoms with van der Waals surface area (Å²) in [5.41, 5.74) is 1.06. The number of benzene rings is 1. The molecule has 1 aromatic carbocycles. The lowest BCUT2D eigenvalue weighted by Gasteiger charge is -1.98. The third-order valence-corrected chi connectivity index (χ3v) is 1.70. The fourth-order valence-electron chi connectivity index (χ4n) is 1.07. The molecule has 0 atom stereocenters. The quantitative estimate of drug-likeness (QED) is 0.539. The molecule has 0 amide bonds. The maximum absolute atomic E-state index is 13.1. The molecule has 14 heavy (non-hydrogen) atoms. The van der Waals surface area contributed by atoms with Crippen LogP contribution in [0.3, 0.4) is 0 Å². The summed E-state index contributed by atoms with van der Waals surface area (Å²) >= 11 is 0. The molecule has 1 aromatic rings. The first-order valence-corrected chi connectivity index (χ1v) is 4.05.